The van der Waals surface area contributed by atoms with Crippen molar-refractivity contribution in [3.8, 4) is 0 Å². The molecule has 2 heterocycles. The molecule has 0 saturated carbocycles. The summed E-state index contributed by atoms with van der Waals surface area (Å²) >= 11 is 0. The fourth-order valence-electron chi connectivity index (χ4n) is 5.56. The van der Waals surface area contributed by atoms with Gasteiger partial charge in [0.1, 0.15) is 11.2 Å². The van der Waals surface area contributed by atoms with Gasteiger partial charge in [0.05, 0.1) is 0 Å². The second-order valence-corrected chi connectivity index (χ2v) is 7.67. The van der Waals surface area contributed by atoms with Crippen LogP contribution in [0.4, 0.5) is 0 Å². The third kappa shape index (κ3) is 1.73. The molecule has 1 heteroatoms. The van der Waals surface area contributed by atoms with Crippen LogP contribution >= 0.6 is 0 Å². The van der Waals surface area contributed by atoms with Gasteiger partial charge in [0, 0.05) is 11.8 Å². The molecule has 2 bridgehead atoms. The van der Waals surface area contributed by atoms with Gasteiger partial charge in [-0.25, -0.2) is 0 Å². The zero-order valence-corrected chi connectivity index (χ0v) is 15.0. The second kappa shape index (κ2) is 5.31. The number of hydrogen-bond acceptors (Lipinski definition) is 1. The molecule has 4 atom stereocenters. The summed E-state index contributed by atoms with van der Waals surface area (Å²) in [4.78, 5) is 0. The molecule has 3 aromatic rings. The van der Waals surface area contributed by atoms with Gasteiger partial charge in [-0.1, -0.05) is 109 Å². The lowest BCUT2D eigenvalue weighted by Crippen LogP contribution is -2.39. The van der Waals surface area contributed by atoms with Crippen LogP contribution in [0, 0.1) is 11.8 Å². The van der Waals surface area contributed by atoms with Crippen LogP contribution in [-0.2, 0) is 15.9 Å². The van der Waals surface area contributed by atoms with Crippen LogP contribution in [-0.4, -0.2) is 0 Å². The Kier molecular flexibility index (Phi) is 2.99. The van der Waals surface area contributed by atoms with Gasteiger partial charge in [0.15, 0.2) is 0 Å². The van der Waals surface area contributed by atoms with Crippen molar-refractivity contribution < 1.29 is 4.74 Å². The normalized spacial score (nSPS) is 32.3. The molecule has 4 unspecified atom stereocenters. The van der Waals surface area contributed by atoms with E-state index < -0.39 is 11.2 Å². The zero-order valence-electron chi connectivity index (χ0n) is 15.0. The summed E-state index contributed by atoms with van der Waals surface area (Å²) in [6.45, 7) is 0. The number of allylic oxidation sites excluding steroid dienone is 2. The van der Waals surface area contributed by atoms with E-state index in [4.69, 9.17) is 4.74 Å². The summed E-state index contributed by atoms with van der Waals surface area (Å²) < 4.78 is 7.23. The van der Waals surface area contributed by atoms with Crippen molar-refractivity contribution >= 4 is 0 Å². The molecule has 0 amide bonds. The average Bonchev–Trinajstić information content (AvgIpc) is 3.25. The predicted molar refractivity (Wildman–Crippen MR) is 107 cm³/mol. The SMILES string of the molecule is C1=CC2C(C=C1)C1(c3ccccc3)OC2(c2ccccc2)c2ccccc21. The van der Waals surface area contributed by atoms with Crippen LogP contribution in [0.1, 0.15) is 22.3 Å². The van der Waals surface area contributed by atoms with Gasteiger partial charge >= 0.3 is 0 Å². The zero-order chi connectivity index (χ0) is 17.9. The van der Waals surface area contributed by atoms with E-state index in [2.05, 4.69) is 109 Å². The minimum absolute atomic E-state index is 0.278. The van der Waals surface area contributed by atoms with Crippen LogP contribution in [0.5, 0.6) is 0 Å². The van der Waals surface area contributed by atoms with E-state index in [1.54, 1.807) is 0 Å². The Hall–Kier alpha value is -2.90. The molecule has 1 aliphatic carbocycles. The molecule has 1 saturated heterocycles. The molecule has 0 aromatic heterocycles. The number of rotatable bonds is 2. The quantitative estimate of drug-likeness (QED) is 0.588. The molecule has 0 spiro atoms. The smallest absolute Gasteiger partial charge is 0.127 e. The summed E-state index contributed by atoms with van der Waals surface area (Å²) in [5.41, 5.74) is 4.20. The predicted octanol–water partition coefficient (Wildman–Crippen LogP) is 5.58. The third-order valence-corrected chi connectivity index (χ3v) is 6.53. The summed E-state index contributed by atoms with van der Waals surface area (Å²) in [7, 11) is 0. The molecular formula is C26H20O. The maximum atomic E-state index is 7.23. The van der Waals surface area contributed by atoms with E-state index in [0.717, 1.165) is 0 Å². The van der Waals surface area contributed by atoms with Crippen molar-refractivity contribution in [2.24, 2.45) is 11.8 Å². The van der Waals surface area contributed by atoms with Gasteiger partial charge in [-0.15, -0.1) is 0 Å². The highest BCUT2D eigenvalue weighted by Crippen LogP contribution is 2.69. The highest BCUT2D eigenvalue weighted by Gasteiger charge is 2.69. The summed E-state index contributed by atoms with van der Waals surface area (Å²) in [5, 5.41) is 0. The van der Waals surface area contributed by atoms with Crippen LogP contribution in [0.2, 0.25) is 0 Å². The third-order valence-electron chi connectivity index (χ3n) is 6.53. The standard InChI is InChI=1S/C26H20O/c1-3-11-19(12-4-1)25-21-15-7-9-17-23(21)26(27-25,20-13-5-2-6-14-20)24-18-10-8-16-22(24)25/h1-18,21,23H. The Labute approximate surface area is 159 Å². The van der Waals surface area contributed by atoms with E-state index in [-0.39, 0.29) is 11.8 Å². The minimum Gasteiger partial charge on any atom is -0.348 e. The first-order valence-corrected chi connectivity index (χ1v) is 9.63. The van der Waals surface area contributed by atoms with E-state index in [0.29, 0.717) is 0 Å². The molecule has 3 aromatic carbocycles. The highest BCUT2D eigenvalue weighted by molar-refractivity contribution is 5.59. The molecule has 1 nitrogen and oxygen atoms in total. The second-order valence-electron chi connectivity index (χ2n) is 7.67. The fraction of sp³-hybridized carbons (Fsp3) is 0.154. The molecule has 6 rings (SSSR count). The lowest BCUT2D eigenvalue weighted by atomic mass is 9.59. The maximum Gasteiger partial charge on any atom is 0.127 e. The first-order chi connectivity index (χ1) is 13.4. The lowest BCUT2D eigenvalue weighted by molar-refractivity contribution is -0.0516. The van der Waals surface area contributed by atoms with Gasteiger partial charge in [-0.05, 0) is 22.3 Å². The summed E-state index contributed by atoms with van der Waals surface area (Å²) in [6.07, 6.45) is 9.05. The van der Waals surface area contributed by atoms with Crippen LogP contribution in [0.3, 0.4) is 0 Å². The summed E-state index contributed by atoms with van der Waals surface area (Å²) in [5.74, 6) is 0.556. The molecule has 3 aliphatic rings. The molecule has 130 valence electrons. The van der Waals surface area contributed by atoms with Crippen molar-refractivity contribution in [3.05, 3.63) is 131 Å². The van der Waals surface area contributed by atoms with Gasteiger partial charge < -0.3 is 4.74 Å². The van der Waals surface area contributed by atoms with Crippen LogP contribution in [0.15, 0.2) is 109 Å². The van der Waals surface area contributed by atoms with Crippen LogP contribution in [0.25, 0.3) is 0 Å². The topological polar surface area (TPSA) is 9.23 Å². The maximum absolute atomic E-state index is 7.23. The largest absolute Gasteiger partial charge is 0.348 e. The molecule has 0 radical (unpaired) electrons. The van der Waals surface area contributed by atoms with E-state index >= 15 is 0 Å². The Morgan fingerprint density at radius 3 is 1.37 bits per heavy atom. The first kappa shape index (κ1) is 15.2. The van der Waals surface area contributed by atoms with Gasteiger partial charge in [-0.3, -0.25) is 0 Å². The first-order valence-electron chi connectivity index (χ1n) is 9.63. The molecular weight excluding hydrogens is 328 g/mol. The fourth-order valence-corrected chi connectivity index (χ4v) is 5.56. The Morgan fingerprint density at radius 2 is 0.926 bits per heavy atom. The van der Waals surface area contributed by atoms with Crippen molar-refractivity contribution in [2.45, 2.75) is 11.2 Å². The Balaban J connectivity index is 1.73. The monoisotopic (exact) mass is 348 g/mol. The van der Waals surface area contributed by atoms with Gasteiger partial charge in [-0.2, -0.15) is 0 Å². The Bertz CT molecular complexity index is 979. The average molecular weight is 348 g/mol. The lowest BCUT2D eigenvalue weighted by Gasteiger charge is -2.39. The molecule has 2 aliphatic heterocycles. The number of benzene rings is 3. The molecule has 0 N–H and O–H groups in total. The van der Waals surface area contributed by atoms with E-state index in [1.807, 2.05) is 0 Å². The van der Waals surface area contributed by atoms with Crippen molar-refractivity contribution in [1.29, 1.82) is 0 Å². The van der Waals surface area contributed by atoms with E-state index in [1.165, 1.54) is 22.3 Å². The number of fused-ring (bicyclic) bond motifs is 8. The molecule has 1 fully saturated rings. The molecule has 27 heavy (non-hydrogen) atoms. The minimum atomic E-state index is -0.445. The van der Waals surface area contributed by atoms with Gasteiger partial charge in [0.2, 0.25) is 0 Å². The van der Waals surface area contributed by atoms with Crippen molar-refractivity contribution in [3.63, 3.8) is 0 Å². The highest BCUT2D eigenvalue weighted by atomic mass is 16.5. The number of hydrogen-bond donors (Lipinski definition) is 0. The van der Waals surface area contributed by atoms with Crippen LogP contribution < -0.4 is 0 Å². The van der Waals surface area contributed by atoms with Crippen molar-refractivity contribution in [2.75, 3.05) is 0 Å². The summed E-state index contributed by atoms with van der Waals surface area (Å²) in [6, 6.07) is 30.3. The Morgan fingerprint density at radius 1 is 0.519 bits per heavy atom. The number of ether oxygens (including phenoxy) is 1. The van der Waals surface area contributed by atoms with Gasteiger partial charge in [0.25, 0.3) is 0 Å². The van der Waals surface area contributed by atoms with E-state index in [9.17, 15) is 0 Å². The van der Waals surface area contributed by atoms with Crippen molar-refractivity contribution in [1.82, 2.24) is 0 Å².